The Bertz CT molecular complexity index is 243. The Morgan fingerprint density at radius 1 is 1.77 bits per heavy atom. The lowest BCUT2D eigenvalue weighted by Gasteiger charge is -2.30. The van der Waals surface area contributed by atoms with E-state index in [0.717, 1.165) is 6.29 Å². The molecule has 0 aromatic rings. The second-order valence-electron chi connectivity index (χ2n) is 3.17. The maximum atomic E-state index is 10.2. The lowest BCUT2D eigenvalue weighted by molar-refractivity contribution is -0.109. The molecule has 3 heteroatoms. The summed E-state index contributed by atoms with van der Waals surface area (Å²) in [5.74, 6) is 0.301. The first kappa shape index (κ1) is 9.99. The standard InChI is InChI=1S/C10H14O3/c1-13-10(6-3-7-11)5-2-4-9(12)8-10/h2,4-5,7,12H,3,6,8H2,1H3. The molecule has 0 aromatic carbocycles. The molecule has 0 fully saturated rings. The number of rotatable bonds is 4. The lowest BCUT2D eigenvalue weighted by atomic mass is 9.89. The summed E-state index contributed by atoms with van der Waals surface area (Å²) >= 11 is 0. The summed E-state index contributed by atoms with van der Waals surface area (Å²) in [5, 5.41) is 9.32. The van der Waals surface area contributed by atoms with Crippen molar-refractivity contribution >= 4 is 6.29 Å². The molecule has 0 amide bonds. The van der Waals surface area contributed by atoms with Crippen molar-refractivity contribution in [3.63, 3.8) is 0 Å². The summed E-state index contributed by atoms with van der Waals surface area (Å²) in [4.78, 5) is 10.2. The number of methoxy groups -OCH3 is 1. The average Bonchev–Trinajstić information content (AvgIpc) is 2.15. The van der Waals surface area contributed by atoms with Crippen molar-refractivity contribution in [1.82, 2.24) is 0 Å². The highest BCUT2D eigenvalue weighted by molar-refractivity contribution is 5.49. The molecule has 0 radical (unpaired) electrons. The van der Waals surface area contributed by atoms with Gasteiger partial charge in [-0.3, -0.25) is 0 Å². The smallest absolute Gasteiger partial charge is 0.120 e. The molecule has 1 aliphatic carbocycles. The zero-order valence-corrected chi connectivity index (χ0v) is 7.69. The van der Waals surface area contributed by atoms with Crippen LogP contribution in [-0.4, -0.2) is 24.1 Å². The van der Waals surface area contributed by atoms with Gasteiger partial charge in [0, 0.05) is 20.0 Å². The minimum atomic E-state index is -0.486. The van der Waals surface area contributed by atoms with Crippen LogP contribution < -0.4 is 0 Å². The Morgan fingerprint density at radius 2 is 2.54 bits per heavy atom. The van der Waals surface area contributed by atoms with Gasteiger partial charge in [0.2, 0.25) is 0 Å². The SMILES string of the molecule is COC1(CCC=O)C=CC=C(O)C1. The van der Waals surface area contributed by atoms with Gasteiger partial charge in [0.05, 0.1) is 11.4 Å². The van der Waals surface area contributed by atoms with E-state index in [1.165, 1.54) is 0 Å². The number of aldehydes is 1. The summed E-state index contributed by atoms with van der Waals surface area (Å²) < 4.78 is 5.30. The Kier molecular flexibility index (Phi) is 3.25. The Morgan fingerprint density at radius 3 is 3.08 bits per heavy atom. The molecule has 3 nitrogen and oxygen atoms in total. The quantitative estimate of drug-likeness (QED) is 0.674. The summed E-state index contributed by atoms with van der Waals surface area (Å²) in [6, 6.07) is 0. The molecular formula is C10H14O3. The fraction of sp³-hybridized carbons (Fsp3) is 0.500. The van der Waals surface area contributed by atoms with Crippen LogP contribution in [0.15, 0.2) is 24.0 Å². The number of carbonyl (C=O) groups is 1. The van der Waals surface area contributed by atoms with Crippen LogP contribution in [0.25, 0.3) is 0 Å². The third-order valence-corrected chi connectivity index (χ3v) is 2.26. The van der Waals surface area contributed by atoms with Crippen LogP contribution in [0.2, 0.25) is 0 Å². The van der Waals surface area contributed by atoms with Gasteiger partial charge in [0.25, 0.3) is 0 Å². The topological polar surface area (TPSA) is 46.5 Å². The molecule has 1 rings (SSSR count). The van der Waals surface area contributed by atoms with Gasteiger partial charge in [-0.15, -0.1) is 0 Å². The monoisotopic (exact) mass is 182 g/mol. The number of carbonyl (C=O) groups excluding carboxylic acids is 1. The predicted molar refractivity (Wildman–Crippen MR) is 49.5 cm³/mol. The molecule has 0 bridgehead atoms. The van der Waals surface area contributed by atoms with E-state index in [9.17, 15) is 9.90 Å². The Hall–Kier alpha value is -1.09. The molecule has 1 unspecified atom stereocenters. The summed E-state index contributed by atoms with van der Waals surface area (Å²) in [5.41, 5.74) is -0.486. The minimum absolute atomic E-state index is 0.301. The van der Waals surface area contributed by atoms with Crippen molar-refractivity contribution in [2.24, 2.45) is 0 Å². The van der Waals surface area contributed by atoms with E-state index in [0.29, 0.717) is 25.0 Å². The number of hydrogen-bond donors (Lipinski definition) is 1. The van der Waals surface area contributed by atoms with E-state index in [-0.39, 0.29) is 0 Å². The number of aliphatic hydroxyl groups excluding tert-OH is 1. The molecule has 0 aliphatic heterocycles. The van der Waals surface area contributed by atoms with Crippen LogP contribution >= 0.6 is 0 Å². The van der Waals surface area contributed by atoms with Crippen LogP contribution in [0.4, 0.5) is 0 Å². The highest BCUT2D eigenvalue weighted by Crippen LogP contribution is 2.29. The third kappa shape index (κ3) is 2.42. The van der Waals surface area contributed by atoms with Crippen molar-refractivity contribution in [2.45, 2.75) is 24.9 Å². The van der Waals surface area contributed by atoms with Crippen molar-refractivity contribution < 1.29 is 14.6 Å². The molecule has 0 saturated carbocycles. The van der Waals surface area contributed by atoms with Gasteiger partial charge in [-0.2, -0.15) is 0 Å². The highest BCUT2D eigenvalue weighted by Gasteiger charge is 2.29. The van der Waals surface area contributed by atoms with E-state index in [1.54, 1.807) is 19.3 Å². The molecule has 1 atom stereocenters. The number of ether oxygens (including phenoxy) is 1. The molecule has 72 valence electrons. The normalized spacial score (nSPS) is 27.0. The summed E-state index contributed by atoms with van der Waals surface area (Å²) in [7, 11) is 1.59. The van der Waals surface area contributed by atoms with Crippen molar-refractivity contribution in [2.75, 3.05) is 7.11 Å². The van der Waals surface area contributed by atoms with Gasteiger partial charge < -0.3 is 14.6 Å². The van der Waals surface area contributed by atoms with Crippen LogP contribution in [0.5, 0.6) is 0 Å². The fourth-order valence-electron chi connectivity index (χ4n) is 1.48. The first-order chi connectivity index (χ1) is 6.22. The molecule has 1 aliphatic rings. The first-order valence-electron chi connectivity index (χ1n) is 4.28. The van der Waals surface area contributed by atoms with Crippen LogP contribution in [-0.2, 0) is 9.53 Å². The number of hydrogen-bond acceptors (Lipinski definition) is 3. The zero-order valence-electron chi connectivity index (χ0n) is 7.69. The summed E-state index contributed by atoms with van der Waals surface area (Å²) in [6.45, 7) is 0. The largest absolute Gasteiger partial charge is 0.512 e. The van der Waals surface area contributed by atoms with E-state index < -0.39 is 5.60 Å². The van der Waals surface area contributed by atoms with Gasteiger partial charge in [0.1, 0.15) is 6.29 Å². The molecule has 0 heterocycles. The predicted octanol–water partition coefficient (Wildman–Crippen LogP) is 1.75. The highest BCUT2D eigenvalue weighted by atomic mass is 16.5. The third-order valence-electron chi connectivity index (χ3n) is 2.26. The van der Waals surface area contributed by atoms with Crippen LogP contribution in [0.1, 0.15) is 19.3 Å². The van der Waals surface area contributed by atoms with Crippen molar-refractivity contribution in [3.05, 3.63) is 24.0 Å². The Labute approximate surface area is 77.7 Å². The van der Waals surface area contributed by atoms with E-state index in [4.69, 9.17) is 4.74 Å². The van der Waals surface area contributed by atoms with Gasteiger partial charge in [0.15, 0.2) is 0 Å². The molecule has 0 spiro atoms. The molecule has 0 saturated heterocycles. The van der Waals surface area contributed by atoms with Crippen LogP contribution in [0.3, 0.4) is 0 Å². The maximum Gasteiger partial charge on any atom is 0.120 e. The van der Waals surface area contributed by atoms with Gasteiger partial charge >= 0.3 is 0 Å². The zero-order chi connectivity index (χ0) is 9.73. The number of allylic oxidation sites excluding steroid dienone is 2. The maximum absolute atomic E-state index is 10.2. The Balaban J connectivity index is 2.66. The molecule has 0 aromatic heterocycles. The molecule has 13 heavy (non-hydrogen) atoms. The summed E-state index contributed by atoms with van der Waals surface area (Å²) in [6.07, 6.45) is 7.66. The fourth-order valence-corrected chi connectivity index (χ4v) is 1.48. The van der Waals surface area contributed by atoms with E-state index in [1.807, 2.05) is 6.08 Å². The minimum Gasteiger partial charge on any atom is -0.512 e. The first-order valence-corrected chi connectivity index (χ1v) is 4.28. The van der Waals surface area contributed by atoms with Gasteiger partial charge in [-0.1, -0.05) is 12.2 Å². The van der Waals surface area contributed by atoms with Crippen molar-refractivity contribution in [3.8, 4) is 0 Å². The number of aliphatic hydroxyl groups is 1. The van der Waals surface area contributed by atoms with Crippen molar-refractivity contribution in [1.29, 1.82) is 0 Å². The molecule has 1 N–H and O–H groups in total. The van der Waals surface area contributed by atoms with Gasteiger partial charge in [-0.05, 0) is 12.5 Å². The van der Waals surface area contributed by atoms with Gasteiger partial charge in [-0.25, -0.2) is 0 Å². The lowest BCUT2D eigenvalue weighted by Crippen LogP contribution is -2.31. The van der Waals surface area contributed by atoms with E-state index >= 15 is 0 Å². The van der Waals surface area contributed by atoms with Crippen LogP contribution in [0, 0.1) is 0 Å². The second-order valence-corrected chi connectivity index (χ2v) is 3.17. The van der Waals surface area contributed by atoms with E-state index in [2.05, 4.69) is 0 Å². The average molecular weight is 182 g/mol. The molecular weight excluding hydrogens is 168 g/mol. The second kappa shape index (κ2) is 4.23.